The molecule has 5 N–H and O–H groups in total. The molecule has 1 aromatic carbocycles. The van der Waals surface area contributed by atoms with Crippen LogP contribution in [0.2, 0.25) is 0 Å². The van der Waals surface area contributed by atoms with Crippen LogP contribution in [0.25, 0.3) is 15.1 Å². The van der Waals surface area contributed by atoms with Crippen molar-refractivity contribution in [1.29, 1.82) is 0 Å². The van der Waals surface area contributed by atoms with Crippen LogP contribution in [0.5, 0.6) is 5.75 Å². The third-order valence-electron chi connectivity index (χ3n) is 3.49. The van der Waals surface area contributed by atoms with E-state index in [1.54, 1.807) is 30.6 Å². The first-order chi connectivity index (χ1) is 12.1. The molecular weight excluding hydrogens is 354 g/mol. The van der Waals surface area contributed by atoms with Crippen molar-refractivity contribution in [3.05, 3.63) is 70.2 Å². The van der Waals surface area contributed by atoms with Crippen molar-refractivity contribution in [2.75, 3.05) is 7.11 Å². The molecule has 0 saturated carbocycles. The molecule has 128 valence electrons. The summed E-state index contributed by atoms with van der Waals surface area (Å²) >= 11 is 3.05. The highest BCUT2D eigenvalue weighted by atomic mass is 32.1. The summed E-state index contributed by atoms with van der Waals surface area (Å²) in [6.45, 7) is 0. The monoisotopic (exact) mass is 371 g/mol. The Morgan fingerprint density at radius 3 is 2.56 bits per heavy atom. The Bertz CT molecular complexity index is 924. The van der Waals surface area contributed by atoms with Crippen molar-refractivity contribution in [1.82, 2.24) is 5.32 Å². The average molecular weight is 371 g/mol. The average Bonchev–Trinajstić information content (AvgIpc) is 3.21. The van der Waals surface area contributed by atoms with Crippen molar-refractivity contribution in [2.45, 2.75) is 0 Å². The summed E-state index contributed by atoms with van der Waals surface area (Å²) in [5.41, 5.74) is 13.3. The third-order valence-corrected chi connectivity index (χ3v) is 5.58. The fourth-order valence-corrected chi connectivity index (χ4v) is 4.18. The Morgan fingerprint density at radius 2 is 1.88 bits per heavy atom. The molecule has 0 radical (unpaired) electrons. The lowest BCUT2D eigenvalue weighted by Crippen LogP contribution is -2.26. The Labute approximate surface area is 153 Å². The van der Waals surface area contributed by atoms with Gasteiger partial charge < -0.3 is 21.5 Å². The van der Waals surface area contributed by atoms with Gasteiger partial charge in [-0.25, -0.2) is 0 Å². The summed E-state index contributed by atoms with van der Waals surface area (Å²) in [7, 11) is 1.61. The zero-order valence-electron chi connectivity index (χ0n) is 13.5. The molecule has 7 heteroatoms. The molecule has 0 unspecified atom stereocenters. The van der Waals surface area contributed by atoms with E-state index in [1.165, 1.54) is 11.3 Å². The van der Waals surface area contributed by atoms with Crippen LogP contribution in [0.3, 0.4) is 0 Å². The maximum absolute atomic E-state index is 12.2. The summed E-state index contributed by atoms with van der Waals surface area (Å²) < 4.78 is 7.31. The van der Waals surface area contributed by atoms with E-state index >= 15 is 0 Å². The van der Waals surface area contributed by atoms with E-state index in [1.807, 2.05) is 41.8 Å². The molecule has 0 aliphatic carbocycles. The molecule has 0 aliphatic heterocycles. The first-order valence-electron chi connectivity index (χ1n) is 7.42. The minimum atomic E-state index is -0.224. The second-order valence-electron chi connectivity index (χ2n) is 5.19. The summed E-state index contributed by atoms with van der Waals surface area (Å²) in [4.78, 5) is 12.9. The number of hydrogen-bond donors (Lipinski definition) is 3. The van der Waals surface area contributed by atoms with Crippen LogP contribution in [0.1, 0.15) is 15.2 Å². The van der Waals surface area contributed by atoms with Gasteiger partial charge in [0, 0.05) is 15.1 Å². The number of carbonyl (C=O) groups is 1. The molecule has 5 nitrogen and oxygen atoms in total. The molecule has 0 spiro atoms. The lowest BCUT2D eigenvalue weighted by molar-refractivity contribution is 0.0969. The number of methoxy groups -OCH3 is 1. The fourth-order valence-electron chi connectivity index (χ4n) is 2.17. The maximum Gasteiger partial charge on any atom is 0.266 e. The largest absolute Gasteiger partial charge is 0.497 e. The van der Waals surface area contributed by atoms with Gasteiger partial charge in [-0.3, -0.25) is 4.79 Å². The van der Waals surface area contributed by atoms with Gasteiger partial charge in [-0.2, -0.15) is 0 Å². The van der Waals surface area contributed by atoms with Gasteiger partial charge in [-0.05, 0) is 59.5 Å². The van der Waals surface area contributed by atoms with Gasteiger partial charge in [0.15, 0.2) is 0 Å². The molecule has 0 atom stereocenters. The van der Waals surface area contributed by atoms with Crippen LogP contribution in [-0.2, 0) is 0 Å². The minimum Gasteiger partial charge on any atom is -0.497 e. The summed E-state index contributed by atoms with van der Waals surface area (Å²) in [5, 5.41) is 4.67. The Hall–Kier alpha value is -2.77. The van der Waals surface area contributed by atoms with Crippen LogP contribution in [0.15, 0.2) is 59.8 Å². The summed E-state index contributed by atoms with van der Waals surface area (Å²) in [5.74, 6) is 0.770. The van der Waals surface area contributed by atoms with Gasteiger partial charge in [-0.1, -0.05) is 0 Å². The van der Waals surface area contributed by atoms with E-state index < -0.39 is 0 Å². The van der Waals surface area contributed by atoms with Gasteiger partial charge in [0.2, 0.25) is 0 Å². The number of nitrogens with one attached hydrogen (secondary N) is 1. The van der Waals surface area contributed by atoms with Gasteiger partial charge >= 0.3 is 0 Å². The molecule has 2 aromatic heterocycles. The summed E-state index contributed by atoms with van der Waals surface area (Å²) in [6.07, 6.45) is 3.23. The lowest BCUT2D eigenvalue weighted by Gasteiger charge is -2.04. The molecular formula is C18H17N3O2S2. The standard InChI is InChI=1S/C18H17N3O2S2/c1-23-12-4-2-11(3-5-12)13(19)6-7-17(20)21-18(22)16-10-15-14(25-16)8-9-24-15/h2-10H,19-20H2,1H3,(H,21,22)/b13-6-,17-7+. The van der Waals surface area contributed by atoms with E-state index in [4.69, 9.17) is 16.2 Å². The van der Waals surface area contributed by atoms with Crippen LogP contribution >= 0.6 is 22.7 Å². The molecule has 1 amide bonds. The highest BCUT2D eigenvalue weighted by Crippen LogP contribution is 2.29. The second-order valence-corrected chi connectivity index (χ2v) is 7.22. The highest BCUT2D eigenvalue weighted by molar-refractivity contribution is 7.27. The molecule has 0 bridgehead atoms. The van der Waals surface area contributed by atoms with Gasteiger partial charge in [-0.15, -0.1) is 22.7 Å². The SMILES string of the molecule is COc1ccc(/C(N)=C/C=C(\N)NC(=O)c2cc3sccc3s2)cc1. The lowest BCUT2D eigenvalue weighted by atomic mass is 10.1. The maximum atomic E-state index is 12.2. The van der Waals surface area contributed by atoms with Crippen LogP contribution < -0.4 is 21.5 Å². The van der Waals surface area contributed by atoms with Crippen molar-refractivity contribution < 1.29 is 9.53 Å². The van der Waals surface area contributed by atoms with Crippen molar-refractivity contribution in [3.8, 4) is 5.75 Å². The smallest absolute Gasteiger partial charge is 0.266 e. The van der Waals surface area contributed by atoms with E-state index in [0.717, 1.165) is 20.7 Å². The Balaban J connectivity index is 1.67. The van der Waals surface area contributed by atoms with Crippen LogP contribution in [0, 0.1) is 0 Å². The number of carbonyl (C=O) groups excluding carboxylic acids is 1. The molecule has 3 aromatic rings. The number of rotatable bonds is 5. The number of thiophene rings is 2. The van der Waals surface area contributed by atoms with E-state index in [-0.39, 0.29) is 11.7 Å². The fraction of sp³-hybridized carbons (Fsp3) is 0.0556. The van der Waals surface area contributed by atoms with Crippen LogP contribution in [-0.4, -0.2) is 13.0 Å². The van der Waals surface area contributed by atoms with Gasteiger partial charge in [0.1, 0.15) is 11.6 Å². The predicted molar refractivity (Wildman–Crippen MR) is 105 cm³/mol. The Morgan fingerprint density at radius 1 is 1.12 bits per heavy atom. The number of fused-ring (bicyclic) bond motifs is 1. The van der Waals surface area contributed by atoms with Gasteiger partial charge in [0.05, 0.1) is 12.0 Å². The molecule has 25 heavy (non-hydrogen) atoms. The molecule has 0 fully saturated rings. The van der Waals surface area contributed by atoms with Crippen molar-refractivity contribution in [2.24, 2.45) is 11.5 Å². The number of nitrogens with two attached hydrogens (primary N) is 2. The number of hydrogen-bond acceptors (Lipinski definition) is 6. The first kappa shape index (κ1) is 17.1. The van der Waals surface area contributed by atoms with Crippen LogP contribution in [0.4, 0.5) is 0 Å². The number of benzene rings is 1. The third kappa shape index (κ3) is 4.01. The Kier molecular flexibility index (Phi) is 5.06. The van der Waals surface area contributed by atoms with Crippen molar-refractivity contribution >= 4 is 43.7 Å². The highest BCUT2D eigenvalue weighted by Gasteiger charge is 2.11. The molecule has 0 saturated heterocycles. The summed E-state index contributed by atoms with van der Waals surface area (Å²) in [6, 6.07) is 11.2. The quantitative estimate of drug-likeness (QED) is 0.599. The molecule has 2 heterocycles. The molecule has 0 aliphatic rings. The first-order valence-corrected chi connectivity index (χ1v) is 9.12. The zero-order valence-corrected chi connectivity index (χ0v) is 15.1. The zero-order chi connectivity index (χ0) is 17.8. The van der Waals surface area contributed by atoms with Crippen molar-refractivity contribution in [3.63, 3.8) is 0 Å². The minimum absolute atomic E-state index is 0.224. The van der Waals surface area contributed by atoms with E-state index in [0.29, 0.717) is 10.6 Å². The second kappa shape index (κ2) is 7.42. The number of allylic oxidation sites excluding steroid dienone is 2. The number of amides is 1. The number of ether oxygens (including phenoxy) is 1. The molecule has 3 rings (SSSR count). The normalized spacial score (nSPS) is 12.4. The van der Waals surface area contributed by atoms with Gasteiger partial charge in [0.25, 0.3) is 5.91 Å². The van der Waals surface area contributed by atoms with E-state index in [2.05, 4.69) is 5.32 Å². The predicted octanol–water partition coefficient (Wildman–Crippen LogP) is 3.50. The topological polar surface area (TPSA) is 90.4 Å². The van der Waals surface area contributed by atoms with E-state index in [9.17, 15) is 4.79 Å².